The molecule has 0 amide bonds. The molecule has 1 rings (SSSR count). The zero-order chi connectivity index (χ0) is 12.0. The van der Waals surface area contributed by atoms with E-state index in [-0.39, 0.29) is 6.61 Å². The van der Waals surface area contributed by atoms with Crippen LogP contribution >= 0.6 is 0 Å². The molecule has 16 heavy (non-hydrogen) atoms. The molecule has 1 aromatic rings. The van der Waals surface area contributed by atoms with Gasteiger partial charge in [-0.3, -0.25) is 4.98 Å². The van der Waals surface area contributed by atoms with Gasteiger partial charge in [0.25, 0.3) is 0 Å². The van der Waals surface area contributed by atoms with Gasteiger partial charge in [-0.25, -0.2) is 0 Å². The Morgan fingerprint density at radius 2 is 2.19 bits per heavy atom. The van der Waals surface area contributed by atoms with E-state index in [0.29, 0.717) is 5.92 Å². The largest absolute Gasteiger partial charge is 0.392 e. The lowest BCUT2D eigenvalue weighted by Crippen LogP contribution is -2.29. The highest BCUT2D eigenvalue weighted by molar-refractivity contribution is 5.51. The van der Waals surface area contributed by atoms with Gasteiger partial charge in [-0.2, -0.15) is 0 Å². The first-order valence-electron chi connectivity index (χ1n) is 6.01. The minimum atomic E-state index is 0.0782. The Hall–Kier alpha value is -1.09. The first-order valence-corrected chi connectivity index (χ1v) is 6.01. The number of aliphatic hydroxyl groups is 1. The van der Waals surface area contributed by atoms with E-state index < -0.39 is 0 Å². The number of anilines is 1. The van der Waals surface area contributed by atoms with Crippen LogP contribution < -0.4 is 4.90 Å². The van der Waals surface area contributed by atoms with E-state index in [0.717, 1.165) is 24.3 Å². The minimum absolute atomic E-state index is 0.0782. The van der Waals surface area contributed by atoms with Crippen molar-refractivity contribution in [2.24, 2.45) is 5.92 Å². The van der Waals surface area contributed by atoms with Crippen LogP contribution in [-0.4, -0.2) is 23.2 Å². The third kappa shape index (κ3) is 3.20. The first kappa shape index (κ1) is 13.0. The molecule has 1 unspecified atom stereocenters. The van der Waals surface area contributed by atoms with Gasteiger partial charge in [0.1, 0.15) is 0 Å². The summed E-state index contributed by atoms with van der Waals surface area (Å²) in [7, 11) is 0. The number of nitrogens with zero attached hydrogens (tertiary/aromatic N) is 2. The molecule has 0 aliphatic heterocycles. The van der Waals surface area contributed by atoms with Crippen LogP contribution in [0.1, 0.15) is 32.8 Å². The van der Waals surface area contributed by atoms with Gasteiger partial charge in [-0.05, 0) is 18.9 Å². The average molecular weight is 222 g/mol. The molecule has 1 atom stereocenters. The predicted molar refractivity (Wildman–Crippen MR) is 67.5 cm³/mol. The van der Waals surface area contributed by atoms with Crippen molar-refractivity contribution in [2.75, 3.05) is 18.0 Å². The summed E-state index contributed by atoms with van der Waals surface area (Å²) in [5.74, 6) is 0.659. The molecule has 90 valence electrons. The molecule has 0 aliphatic carbocycles. The molecule has 3 nitrogen and oxygen atoms in total. The van der Waals surface area contributed by atoms with Crippen LogP contribution in [0, 0.1) is 5.92 Å². The highest BCUT2D eigenvalue weighted by Crippen LogP contribution is 2.20. The van der Waals surface area contributed by atoms with Crippen LogP contribution in [0.4, 0.5) is 5.69 Å². The Bertz CT molecular complexity index is 315. The molecule has 0 spiro atoms. The van der Waals surface area contributed by atoms with E-state index in [2.05, 4.69) is 30.7 Å². The van der Waals surface area contributed by atoms with Gasteiger partial charge >= 0.3 is 0 Å². The molecule has 1 aromatic heterocycles. The van der Waals surface area contributed by atoms with Crippen molar-refractivity contribution in [2.45, 2.75) is 33.8 Å². The summed E-state index contributed by atoms with van der Waals surface area (Å²) >= 11 is 0. The van der Waals surface area contributed by atoms with E-state index in [1.165, 1.54) is 6.42 Å². The SMILES string of the molecule is CCC(C)CN(CC)c1cnccc1CO. The summed E-state index contributed by atoms with van der Waals surface area (Å²) in [5, 5.41) is 9.30. The molecule has 1 N–H and O–H groups in total. The van der Waals surface area contributed by atoms with Crippen LogP contribution in [0.25, 0.3) is 0 Å². The lowest BCUT2D eigenvalue weighted by molar-refractivity contribution is 0.282. The molecule has 0 saturated heterocycles. The molecule has 0 aromatic carbocycles. The highest BCUT2D eigenvalue weighted by Gasteiger charge is 2.11. The van der Waals surface area contributed by atoms with E-state index >= 15 is 0 Å². The van der Waals surface area contributed by atoms with Gasteiger partial charge in [-0.15, -0.1) is 0 Å². The van der Waals surface area contributed by atoms with Gasteiger partial charge in [-0.1, -0.05) is 20.3 Å². The first-order chi connectivity index (χ1) is 7.72. The second kappa shape index (κ2) is 6.48. The predicted octanol–water partition coefficient (Wildman–Crippen LogP) is 2.45. The van der Waals surface area contributed by atoms with Gasteiger partial charge < -0.3 is 10.0 Å². The third-order valence-electron chi connectivity index (χ3n) is 3.01. The van der Waals surface area contributed by atoms with Crippen LogP contribution in [0.2, 0.25) is 0 Å². The van der Waals surface area contributed by atoms with Crippen molar-refractivity contribution in [3.8, 4) is 0 Å². The van der Waals surface area contributed by atoms with Crippen molar-refractivity contribution in [1.82, 2.24) is 4.98 Å². The fraction of sp³-hybridized carbons (Fsp3) is 0.615. The lowest BCUT2D eigenvalue weighted by Gasteiger charge is -2.27. The molecule has 0 saturated carbocycles. The van der Waals surface area contributed by atoms with Crippen LogP contribution in [-0.2, 0) is 6.61 Å². The van der Waals surface area contributed by atoms with E-state index in [1.807, 2.05) is 12.3 Å². The summed E-state index contributed by atoms with van der Waals surface area (Å²) in [4.78, 5) is 6.43. The van der Waals surface area contributed by atoms with Crippen molar-refractivity contribution in [3.63, 3.8) is 0 Å². The number of hydrogen-bond acceptors (Lipinski definition) is 3. The number of rotatable bonds is 6. The molecular weight excluding hydrogens is 200 g/mol. The zero-order valence-electron chi connectivity index (χ0n) is 10.5. The van der Waals surface area contributed by atoms with E-state index in [1.54, 1.807) is 6.20 Å². The molecule has 0 bridgehead atoms. The smallest absolute Gasteiger partial charge is 0.0703 e. The van der Waals surface area contributed by atoms with Crippen LogP contribution in [0.15, 0.2) is 18.5 Å². The van der Waals surface area contributed by atoms with Crippen LogP contribution in [0.3, 0.4) is 0 Å². The Morgan fingerprint density at radius 3 is 2.75 bits per heavy atom. The van der Waals surface area contributed by atoms with Crippen molar-refractivity contribution in [1.29, 1.82) is 0 Å². The number of pyridine rings is 1. The standard InChI is InChI=1S/C13H22N2O/c1-4-11(3)9-15(5-2)13-8-14-7-6-12(13)10-16/h6-8,11,16H,4-5,9-10H2,1-3H3. The molecule has 0 aliphatic rings. The van der Waals surface area contributed by atoms with E-state index in [4.69, 9.17) is 0 Å². The van der Waals surface area contributed by atoms with Crippen molar-refractivity contribution < 1.29 is 5.11 Å². The van der Waals surface area contributed by atoms with Gasteiger partial charge in [0.05, 0.1) is 18.5 Å². The molecular formula is C13H22N2O. The normalized spacial score (nSPS) is 12.5. The summed E-state index contributed by atoms with van der Waals surface area (Å²) in [6, 6.07) is 1.88. The van der Waals surface area contributed by atoms with Gasteiger partial charge in [0.2, 0.25) is 0 Å². The summed E-state index contributed by atoms with van der Waals surface area (Å²) < 4.78 is 0. The number of aliphatic hydroxyl groups excluding tert-OH is 1. The Balaban J connectivity index is 2.85. The Kier molecular flexibility index (Phi) is 5.26. The molecule has 0 radical (unpaired) electrons. The Morgan fingerprint density at radius 1 is 1.44 bits per heavy atom. The second-order valence-corrected chi connectivity index (χ2v) is 4.21. The minimum Gasteiger partial charge on any atom is -0.392 e. The van der Waals surface area contributed by atoms with E-state index in [9.17, 15) is 5.11 Å². The maximum atomic E-state index is 9.30. The number of hydrogen-bond donors (Lipinski definition) is 1. The molecule has 1 heterocycles. The average Bonchev–Trinajstić information content (AvgIpc) is 2.35. The van der Waals surface area contributed by atoms with Crippen molar-refractivity contribution in [3.05, 3.63) is 24.0 Å². The molecule has 0 fully saturated rings. The fourth-order valence-electron chi connectivity index (χ4n) is 1.74. The highest BCUT2D eigenvalue weighted by atomic mass is 16.3. The molecule has 3 heteroatoms. The topological polar surface area (TPSA) is 36.4 Å². The lowest BCUT2D eigenvalue weighted by atomic mass is 10.1. The maximum absolute atomic E-state index is 9.30. The van der Waals surface area contributed by atoms with Crippen LogP contribution in [0.5, 0.6) is 0 Å². The zero-order valence-corrected chi connectivity index (χ0v) is 10.5. The third-order valence-corrected chi connectivity index (χ3v) is 3.01. The second-order valence-electron chi connectivity index (χ2n) is 4.21. The summed E-state index contributed by atoms with van der Waals surface area (Å²) in [5.41, 5.74) is 2.02. The van der Waals surface area contributed by atoms with Gasteiger partial charge in [0.15, 0.2) is 0 Å². The Labute approximate surface area is 98.1 Å². The fourth-order valence-corrected chi connectivity index (χ4v) is 1.74. The van der Waals surface area contributed by atoms with Gasteiger partial charge in [0, 0.05) is 24.8 Å². The summed E-state index contributed by atoms with van der Waals surface area (Å²) in [6.45, 7) is 8.63. The summed E-state index contributed by atoms with van der Waals surface area (Å²) in [6.07, 6.45) is 4.74. The monoisotopic (exact) mass is 222 g/mol. The quantitative estimate of drug-likeness (QED) is 0.803. The van der Waals surface area contributed by atoms with Crippen molar-refractivity contribution >= 4 is 5.69 Å². The number of aromatic nitrogens is 1. The maximum Gasteiger partial charge on any atom is 0.0703 e.